The summed E-state index contributed by atoms with van der Waals surface area (Å²) < 4.78 is 5.03. The molecule has 0 saturated carbocycles. The number of anilines is 1. The van der Waals surface area contributed by atoms with Gasteiger partial charge < -0.3 is 10.1 Å². The Hall–Kier alpha value is -2.07. The van der Waals surface area contributed by atoms with Crippen molar-refractivity contribution in [3.05, 3.63) is 59.2 Å². The van der Waals surface area contributed by atoms with Gasteiger partial charge in [0.25, 0.3) is 0 Å². The zero-order chi connectivity index (χ0) is 15.1. The minimum absolute atomic E-state index is 0.213. The molecule has 4 nitrogen and oxygen atoms in total. The molecular weight excluding hydrogens is 288 g/mol. The summed E-state index contributed by atoms with van der Waals surface area (Å²) in [7, 11) is 0. The van der Waals surface area contributed by atoms with E-state index in [1.165, 1.54) is 0 Å². The van der Waals surface area contributed by atoms with E-state index in [0.717, 1.165) is 5.56 Å². The molecule has 5 heteroatoms. The van der Waals surface area contributed by atoms with E-state index < -0.39 is 0 Å². The number of pyridine rings is 1. The Balaban J connectivity index is 2.19. The topological polar surface area (TPSA) is 51.2 Å². The van der Waals surface area contributed by atoms with Crippen molar-refractivity contribution in [1.82, 2.24) is 4.98 Å². The lowest BCUT2D eigenvalue weighted by molar-refractivity contribution is -0.143. The number of hydrogen-bond acceptors (Lipinski definition) is 4. The van der Waals surface area contributed by atoms with Gasteiger partial charge in [-0.05, 0) is 36.8 Å². The Labute approximate surface area is 129 Å². The fraction of sp³-hybridized carbons (Fsp3) is 0.250. The second-order valence-corrected chi connectivity index (χ2v) is 4.91. The smallest absolute Gasteiger partial charge is 0.308 e. The first kappa shape index (κ1) is 15.3. The highest BCUT2D eigenvalue weighted by molar-refractivity contribution is 6.30. The maximum atomic E-state index is 11.8. The lowest BCUT2D eigenvalue weighted by atomic mass is 10.0. The number of rotatable bonds is 6. The second kappa shape index (κ2) is 7.64. The minimum Gasteiger partial charge on any atom is -0.466 e. The summed E-state index contributed by atoms with van der Waals surface area (Å²) in [4.78, 5) is 16.0. The van der Waals surface area contributed by atoms with Crippen molar-refractivity contribution in [2.24, 2.45) is 0 Å². The Kier molecular flexibility index (Phi) is 5.58. The Morgan fingerprint density at radius 2 is 2.19 bits per heavy atom. The molecule has 1 heterocycles. The van der Waals surface area contributed by atoms with Crippen LogP contribution >= 0.6 is 11.6 Å². The van der Waals surface area contributed by atoms with Gasteiger partial charge in [-0.1, -0.05) is 29.8 Å². The van der Waals surface area contributed by atoms with Crippen LogP contribution in [0.2, 0.25) is 5.02 Å². The minimum atomic E-state index is -0.258. The fourth-order valence-corrected chi connectivity index (χ4v) is 2.19. The van der Waals surface area contributed by atoms with Crippen molar-refractivity contribution in [3.63, 3.8) is 0 Å². The van der Waals surface area contributed by atoms with E-state index in [0.29, 0.717) is 17.4 Å². The van der Waals surface area contributed by atoms with Gasteiger partial charge in [0.15, 0.2) is 0 Å². The van der Waals surface area contributed by atoms with Gasteiger partial charge in [-0.2, -0.15) is 0 Å². The van der Waals surface area contributed by atoms with E-state index in [-0.39, 0.29) is 18.4 Å². The highest BCUT2D eigenvalue weighted by Gasteiger charge is 2.17. The average Bonchev–Trinajstić information content (AvgIpc) is 2.48. The molecule has 1 aromatic heterocycles. The van der Waals surface area contributed by atoms with Crippen molar-refractivity contribution in [1.29, 1.82) is 0 Å². The van der Waals surface area contributed by atoms with Gasteiger partial charge in [0.2, 0.25) is 0 Å². The van der Waals surface area contributed by atoms with E-state index >= 15 is 0 Å². The molecule has 0 fully saturated rings. The molecule has 2 rings (SSSR count). The predicted molar refractivity (Wildman–Crippen MR) is 83.3 cm³/mol. The molecule has 0 saturated heterocycles. The van der Waals surface area contributed by atoms with E-state index in [1.54, 1.807) is 19.2 Å². The van der Waals surface area contributed by atoms with Crippen molar-refractivity contribution in [2.45, 2.75) is 19.4 Å². The molecule has 1 unspecified atom stereocenters. The average molecular weight is 305 g/mol. The molecule has 2 aromatic rings. The first-order chi connectivity index (χ1) is 10.2. The largest absolute Gasteiger partial charge is 0.466 e. The standard InChI is InChI=1S/C16H17ClN2O2/c1-2-21-16(20)11-14(12-6-5-7-13(17)10-12)19-15-8-3-4-9-18-15/h3-10,14H,2,11H2,1H3,(H,18,19). The summed E-state index contributed by atoms with van der Waals surface area (Å²) in [6.45, 7) is 2.16. The van der Waals surface area contributed by atoms with Crippen molar-refractivity contribution in [2.75, 3.05) is 11.9 Å². The van der Waals surface area contributed by atoms with Crippen LogP contribution in [0.3, 0.4) is 0 Å². The highest BCUT2D eigenvalue weighted by Crippen LogP contribution is 2.24. The number of benzene rings is 1. The summed E-state index contributed by atoms with van der Waals surface area (Å²) in [5.41, 5.74) is 0.918. The van der Waals surface area contributed by atoms with Gasteiger partial charge in [0.1, 0.15) is 5.82 Å². The normalized spacial score (nSPS) is 11.7. The maximum Gasteiger partial charge on any atom is 0.308 e. The summed E-state index contributed by atoms with van der Waals surface area (Å²) in [6, 6.07) is 12.7. The number of nitrogens with zero attached hydrogens (tertiary/aromatic N) is 1. The second-order valence-electron chi connectivity index (χ2n) is 4.48. The third-order valence-corrected chi connectivity index (χ3v) is 3.15. The number of carbonyl (C=O) groups excluding carboxylic acids is 1. The van der Waals surface area contributed by atoms with Gasteiger partial charge >= 0.3 is 5.97 Å². The Morgan fingerprint density at radius 3 is 2.86 bits per heavy atom. The lowest BCUT2D eigenvalue weighted by Crippen LogP contribution is -2.17. The molecule has 0 aliphatic carbocycles. The summed E-state index contributed by atoms with van der Waals surface area (Å²) in [6.07, 6.45) is 1.91. The van der Waals surface area contributed by atoms with E-state index in [1.807, 2.05) is 36.4 Å². The van der Waals surface area contributed by atoms with Crippen LogP contribution in [-0.2, 0) is 9.53 Å². The molecule has 0 radical (unpaired) electrons. The first-order valence-electron chi connectivity index (χ1n) is 6.77. The zero-order valence-corrected chi connectivity index (χ0v) is 12.5. The van der Waals surface area contributed by atoms with E-state index in [4.69, 9.17) is 16.3 Å². The molecule has 0 amide bonds. The Bertz CT molecular complexity index is 590. The lowest BCUT2D eigenvalue weighted by Gasteiger charge is -2.19. The van der Waals surface area contributed by atoms with Gasteiger partial charge in [-0.15, -0.1) is 0 Å². The molecular formula is C16H17ClN2O2. The molecule has 0 aliphatic rings. The first-order valence-corrected chi connectivity index (χ1v) is 7.15. The molecule has 0 bridgehead atoms. The van der Waals surface area contributed by atoms with Crippen LogP contribution in [0, 0.1) is 0 Å². The SMILES string of the molecule is CCOC(=O)CC(Nc1ccccn1)c1cccc(Cl)c1. The molecule has 0 aliphatic heterocycles. The van der Waals surface area contributed by atoms with Crippen molar-refractivity contribution < 1.29 is 9.53 Å². The third-order valence-electron chi connectivity index (χ3n) is 2.91. The number of aromatic nitrogens is 1. The maximum absolute atomic E-state index is 11.8. The van der Waals surface area contributed by atoms with Gasteiger partial charge in [-0.3, -0.25) is 4.79 Å². The summed E-state index contributed by atoms with van der Waals surface area (Å²) in [5, 5.41) is 3.87. The number of hydrogen-bond donors (Lipinski definition) is 1. The number of esters is 1. The molecule has 110 valence electrons. The van der Waals surface area contributed by atoms with Gasteiger partial charge in [0.05, 0.1) is 19.1 Å². The van der Waals surface area contributed by atoms with Crippen LogP contribution < -0.4 is 5.32 Å². The monoisotopic (exact) mass is 304 g/mol. The van der Waals surface area contributed by atoms with Crippen LogP contribution in [0.1, 0.15) is 24.9 Å². The van der Waals surface area contributed by atoms with Crippen LogP contribution in [0.25, 0.3) is 0 Å². The number of carbonyl (C=O) groups is 1. The molecule has 1 N–H and O–H groups in total. The van der Waals surface area contributed by atoms with Crippen molar-refractivity contribution >= 4 is 23.4 Å². The van der Waals surface area contributed by atoms with Crippen LogP contribution in [0.5, 0.6) is 0 Å². The fourth-order valence-electron chi connectivity index (χ4n) is 1.99. The zero-order valence-electron chi connectivity index (χ0n) is 11.8. The van der Waals surface area contributed by atoms with E-state index in [9.17, 15) is 4.79 Å². The quantitative estimate of drug-likeness (QED) is 0.824. The van der Waals surface area contributed by atoms with Gasteiger partial charge in [0, 0.05) is 11.2 Å². The number of ether oxygens (including phenoxy) is 1. The van der Waals surface area contributed by atoms with Crippen LogP contribution in [0.15, 0.2) is 48.7 Å². The number of halogens is 1. The third kappa shape index (κ3) is 4.76. The molecule has 1 atom stereocenters. The summed E-state index contributed by atoms with van der Waals surface area (Å²) >= 11 is 6.03. The van der Waals surface area contributed by atoms with Crippen molar-refractivity contribution in [3.8, 4) is 0 Å². The highest BCUT2D eigenvalue weighted by atomic mass is 35.5. The predicted octanol–water partition coefficient (Wildman–Crippen LogP) is 3.84. The number of nitrogens with one attached hydrogen (secondary N) is 1. The molecule has 1 aromatic carbocycles. The van der Waals surface area contributed by atoms with Crippen LogP contribution in [-0.4, -0.2) is 17.6 Å². The van der Waals surface area contributed by atoms with Gasteiger partial charge in [-0.25, -0.2) is 4.98 Å². The van der Waals surface area contributed by atoms with E-state index in [2.05, 4.69) is 10.3 Å². The van der Waals surface area contributed by atoms with Crippen LogP contribution in [0.4, 0.5) is 5.82 Å². The molecule has 21 heavy (non-hydrogen) atoms. The molecule has 0 spiro atoms. The Morgan fingerprint density at radius 1 is 1.33 bits per heavy atom. The summed E-state index contributed by atoms with van der Waals surface area (Å²) in [5.74, 6) is 0.442.